The molecule has 2 rings (SSSR count). The monoisotopic (exact) mass is 370 g/mol. The molecule has 18 heavy (non-hydrogen) atoms. The summed E-state index contributed by atoms with van der Waals surface area (Å²) < 4.78 is 6.58. The van der Waals surface area contributed by atoms with Gasteiger partial charge in [0.05, 0.1) is 6.21 Å². The first-order valence-electron chi connectivity index (χ1n) is 4.99. The Balaban J connectivity index is 1.95. The summed E-state index contributed by atoms with van der Waals surface area (Å²) in [6.45, 7) is 0. The smallest absolute Gasteiger partial charge is 0.307 e. The number of carbonyl (C=O) groups excluding carboxylic acids is 1. The number of hydrazone groups is 1. The van der Waals surface area contributed by atoms with Gasteiger partial charge in [-0.1, -0.05) is 28.1 Å². The predicted molar refractivity (Wildman–Crippen MR) is 75.6 cm³/mol. The van der Waals surface area contributed by atoms with E-state index in [0.29, 0.717) is 4.67 Å². The molecule has 1 amide bonds. The van der Waals surface area contributed by atoms with Gasteiger partial charge in [-0.15, -0.1) is 0 Å². The van der Waals surface area contributed by atoms with Crippen LogP contribution in [0, 0.1) is 0 Å². The van der Waals surface area contributed by atoms with E-state index in [1.54, 1.807) is 18.3 Å². The van der Waals surface area contributed by atoms with Crippen LogP contribution in [0.4, 0.5) is 0 Å². The maximum atomic E-state index is 11.6. The molecular weight excluding hydrogens is 364 g/mol. The number of hydrogen-bond acceptors (Lipinski definition) is 3. The van der Waals surface area contributed by atoms with Crippen molar-refractivity contribution in [1.29, 1.82) is 0 Å². The minimum Gasteiger partial charge on any atom is -0.444 e. The van der Waals surface area contributed by atoms with Gasteiger partial charge in [-0.3, -0.25) is 4.79 Å². The van der Waals surface area contributed by atoms with Crippen molar-refractivity contribution in [2.24, 2.45) is 5.10 Å². The van der Waals surface area contributed by atoms with Crippen molar-refractivity contribution >= 4 is 44.0 Å². The average Bonchev–Trinajstić information content (AvgIpc) is 2.78. The van der Waals surface area contributed by atoms with E-state index in [0.717, 1.165) is 10.0 Å². The van der Waals surface area contributed by atoms with Gasteiger partial charge in [0.25, 0.3) is 0 Å². The largest absolute Gasteiger partial charge is 0.444 e. The minimum absolute atomic E-state index is 0.204. The number of nitrogens with zero attached hydrogens (tertiary/aromatic N) is 1. The van der Waals surface area contributed by atoms with Crippen LogP contribution in [0.3, 0.4) is 0 Å². The molecule has 92 valence electrons. The molecule has 0 unspecified atom stereocenters. The third-order valence-electron chi connectivity index (χ3n) is 2.05. The number of carbonyl (C=O) groups is 1. The SMILES string of the molecule is O=C(N/N=C/c1ccc(Br)cc1)c1ccc(Br)o1. The van der Waals surface area contributed by atoms with Crippen molar-refractivity contribution in [3.8, 4) is 0 Å². The summed E-state index contributed by atoms with van der Waals surface area (Å²) >= 11 is 6.46. The Morgan fingerprint density at radius 3 is 2.50 bits per heavy atom. The normalized spacial score (nSPS) is 10.8. The second-order valence-corrected chi connectivity index (χ2v) is 5.05. The summed E-state index contributed by atoms with van der Waals surface area (Å²) in [5.74, 6) is -0.191. The molecule has 2 aromatic rings. The van der Waals surface area contributed by atoms with E-state index in [4.69, 9.17) is 4.42 Å². The first kappa shape index (κ1) is 13.0. The number of halogens is 2. The van der Waals surface area contributed by atoms with E-state index >= 15 is 0 Å². The minimum atomic E-state index is -0.394. The topological polar surface area (TPSA) is 54.6 Å². The molecule has 6 heteroatoms. The van der Waals surface area contributed by atoms with E-state index in [1.807, 2.05) is 24.3 Å². The van der Waals surface area contributed by atoms with E-state index in [1.165, 1.54) is 0 Å². The van der Waals surface area contributed by atoms with Gasteiger partial charge in [-0.2, -0.15) is 5.10 Å². The molecule has 1 aromatic carbocycles. The van der Waals surface area contributed by atoms with Crippen LogP contribution in [-0.2, 0) is 0 Å². The molecule has 0 atom stereocenters. The quantitative estimate of drug-likeness (QED) is 0.662. The summed E-state index contributed by atoms with van der Waals surface area (Å²) in [4.78, 5) is 11.6. The zero-order valence-corrected chi connectivity index (χ0v) is 12.2. The van der Waals surface area contributed by atoms with Crippen molar-refractivity contribution in [3.63, 3.8) is 0 Å². The van der Waals surface area contributed by atoms with Crippen LogP contribution in [0.1, 0.15) is 16.1 Å². The second kappa shape index (κ2) is 5.97. The number of benzene rings is 1. The number of hydrogen-bond donors (Lipinski definition) is 1. The Hall–Kier alpha value is -1.40. The fourth-order valence-corrected chi connectivity index (χ4v) is 1.78. The van der Waals surface area contributed by atoms with E-state index in [-0.39, 0.29) is 5.76 Å². The van der Waals surface area contributed by atoms with E-state index < -0.39 is 5.91 Å². The van der Waals surface area contributed by atoms with Gasteiger partial charge in [-0.05, 0) is 45.8 Å². The Morgan fingerprint density at radius 1 is 1.17 bits per heavy atom. The molecule has 0 aliphatic carbocycles. The summed E-state index contributed by atoms with van der Waals surface area (Å²) in [5, 5.41) is 3.84. The van der Waals surface area contributed by atoms with Crippen LogP contribution in [0.2, 0.25) is 0 Å². The molecule has 0 aliphatic heterocycles. The van der Waals surface area contributed by atoms with Crippen molar-refractivity contribution in [1.82, 2.24) is 5.43 Å². The first-order valence-corrected chi connectivity index (χ1v) is 6.58. The number of rotatable bonds is 3. The highest BCUT2D eigenvalue weighted by Gasteiger charge is 2.08. The summed E-state index contributed by atoms with van der Waals surface area (Å²) in [5.41, 5.74) is 3.27. The van der Waals surface area contributed by atoms with Crippen molar-refractivity contribution < 1.29 is 9.21 Å². The average molecular weight is 372 g/mol. The van der Waals surface area contributed by atoms with Crippen LogP contribution >= 0.6 is 31.9 Å². The number of amides is 1. The molecule has 0 radical (unpaired) electrons. The van der Waals surface area contributed by atoms with Gasteiger partial charge in [0.15, 0.2) is 10.4 Å². The highest BCUT2D eigenvalue weighted by Crippen LogP contribution is 2.13. The maximum absolute atomic E-state index is 11.6. The molecule has 1 heterocycles. The molecule has 0 aliphatic rings. The summed E-state index contributed by atoms with van der Waals surface area (Å²) in [6, 6.07) is 10.8. The second-order valence-electron chi connectivity index (χ2n) is 3.35. The predicted octanol–water partition coefficient (Wildman–Crippen LogP) is 3.57. The number of nitrogens with one attached hydrogen (secondary N) is 1. The molecule has 0 fully saturated rings. The Morgan fingerprint density at radius 2 is 1.89 bits per heavy atom. The summed E-state index contributed by atoms with van der Waals surface area (Å²) in [7, 11) is 0. The first-order chi connectivity index (χ1) is 8.65. The molecule has 0 saturated heterocycles. The maximum Gasteiger partial charge on any atom is 0.307 e. The zero-order chi connectivity index (χ0) is 13.0. The van der Waals surface area contributed by atoms with Gasteiger partial charge in [0.2, 0.25) is 0 Å². The lowest BCUT2D eigenvalue weighted by Gasteiger charge is -1.96. The lowest BCUT2D eigenvalue weighted by molar-refractivity contribution is 0.0926. The fraction of sp³-hybridized carbons (Fsp3) is 0. The fourth-order valence-electron chi connectivity index (χ4n) is 1.21. The van der Waals surface area contributed by atoms with Crippen LogP contribution in [-0.4, -0.2) is 12.1 Å². The molecule has 1 N–H and O–H groups in total. The molecule has 1 aromatic heterocycles. The lowest BCUT2D eigenvalue weighted by Crippen LogP contribution is -2.16. The van der Waals surface area contributed by atoms with Crippen molar-refractivity contribution in [3.05, 3.63) is 56.9 Å². The van der Waals surface area contributed by atoms with Gasteiger partial charge in [-0.25, -0.2) is 5.43 Å². The Bertz CT molecular complexity index is 576. The van der Waals surface area contributed by atoms with Gasteiger partial charge >= 0.3 is 5.91 Å². The van der Waals surface area contributed by atoms with Crippen LogP contribution in [0.5, 0.6) is 0 Å². The molecule has 4 nitrogen and oxygen atoms in total. The van der Waals surface area contributed by atoms with Crippen molar-refractivity contribution in [2.75, 3.05) is 0 Å². The standard InChI is InChI=1S/C12H8Br2N2O2/c13-9-3-1-8(2-4-9)7-15-16-12(17)10-5-6-11(14)18-10/h1-7H,(H,16,17)/b15-7+. The zero-order valence-electron chi connectivity index (χ0n) is 9.06. The third kappa shape index (κ3) is 3.54. The molecule has 0 saturated carbocycles. The van der Waals surface area contributed by atoms with Gasteiger partial charge in [0.1, 0.15) is 0 Å². The third-order valence-corrected chi connectivity index (χ3v) is 3.00. The highest BCUT2D eigenvalue weighted by atomic mass is 79.9. The van der Waals surface area contributed by atoms with Gasteiger partial charge < -0.3 is 4.42 Å². The summed E-state index contributed by atoms with van der Waals surface area (Å²) in [6.07, 6.45) is 1.56. The molecule has 0 bridgehead atoms. The lowest BCUT2D eigenvalue weighted by atomic mass is 10.2. The van der Waals surface area contributed by atoms with E-state index in [9.17, 15) is 4.79 Å². The Labute approximate surface area is 120 Å². The van der Waals surface area contributed by atoms with E-state index in [2.05, 4.69) is 42.4 Å². The Kier molecular flexibility index (Phi) is 4.33. The number of furan rings is 1. The molecule has 0 spiro atoms. The van der Waals surface area contributed by atoms with Gasteiger partial charge in [0, 0.05) is 4.47 Å². The van der Waals surface area contributed by atoms with Crippen LogP contribution < -0.4 is 5.43 Å². The van der Waals surface area contributed by atoms with Crippen LogP contribution in [0.25, 0.3) is 0 Å². The molecular formula is C12H8Br2N2O2. The van der Waals surface area contributed by atoms with Crippen molar-refractivity contribution in [2.45, 2.75) is 0 Å². The highest BCUT2D eigenvalue weighted by molar-refractivity contribution is 9.10. The van der Waals surface area contributed by atoms with Crippen LogP contribution in [0.15, 0.2) is 55.1 Å².